The number of hydrogen-bond acceptors (Lipinski definition) is 3. The van der Waals surface area contributed by atoms with Gasteiger partial charge >= 0.3 is 0 Å². The van der Waals surface area contributed by atoms with Crippen LogP contribution in [0.2, 0.25) is 0 Å². The Labute approximate surface area is 190 Å². The number of piperazine rings is 1. The zero-order valence-corrected chi connectivity index (χ0v) is 19.5. The van der Waals surface area contributed by atoms with Gasteiger partial charge in [-0.15, -0.1) is 24.0 Å². The van der Waals surface area contributed by atoms with Crippen LogP contribution in [-0.2, 0) is 19.6 Å². The first-order valence-corrected chi connectivity index (χ1v) is 9.80. The molecule has 0 saturated carbocycles. The van der Waals surface area contributed by atoms with Crippen LogP contribution in [0.25, 0.3) is 0 Å². The number of aliphatic imine (C=N–C) groups is 1. The third-order valence-corrected chi connectivity index (χ3v) is 5.11. The highest BCUT2D eigenvalue weighted by Crippen LogP contribution is 2.10. The number of guanidine groups is 1. The van der Waals surface area contributed by atoms with E-state index in [0.29, 0.717) is 24.6 Å². The van der Waals surface area contributed by atoms with Gasteiger partial charge < -0.3 is 15.5 Å². The van der Waals surface area contributed by atoms with Gasteiger partial charge in [-0.3, -0.25) is 9.89 Å². The van der Waals surface area contributed by atoms with Crippen molar-refractivity contribution in [1.82, 2.24) is 20.4 Å². The van der Waals surface area contributed by atoms with Crippen molar-refractivity contribution in [3.8, 4) is 0 Å². The molecular formula is C22H31FIN5. The molecule has 0 bridgehead atoms. The number of halogens is 2. The average Bonchev–Trinajstić information content (AvgIpc) is 2.72. The summed E-state index contributed by atoms with van der Waals surface area (Å²) >= 11 is 0. The summed E-state index contributed by atoms with van der Waals surface area (Å²) in [6.45, 7) is 6.62. The van der Waals surface area contributed by atoms with Crippen molar-refractivity contribution in [2.24, 2.45) is 4.99 Å². The van der Waals surface area contributed by atoms with Crippen LogP contribution in [0, 0.1) is 5.82 Å². The van der Waals surface area contributed by atoms with Gasteiger partial charge in [-0.25, -0.2) is 4.39 Å². The maximum Gasteiger partial charge on any atom is 0.191 e. The molecular weight excluding hydrogens is 480 g/mol. The molecule has 0 radical (unpaired) electrons. The highest BCUT2D eigenvalue weighted by Gasteiger charge is 2.13. The molecule has 2 N–H and O–H groups in total. The molecule has 0 amide bonds. The minimum absolute atomic E-state index is 0. The Bertz CT molecular complexity index is 773. The Kier molecular flexibility index (Phi) is 9.83. The predicted molar refractivity (Wildman–Crippen MR) is 128 cm³/mol. The summed E-state index contributed by atoms with van der Waals surface area (Å²) < 4.78 is 13.7. The third kappa shape index (κ3) is 7.56. The standard InChI is InChI=1S/C22H30FN5.HI/c1-24-22(26-16-20-5-3-4-6-21(20)23)25-15-18-7-9-19(10-8-18)17-28-13-11-27(2)12-14-28;/h3-10H,11-17H2,1-2H3,(H2,24,25,26);1H. The molecule has 0 aromatic heterocycles. The number of benzene rings is 2. The topological polar surface area (TPSA) is 42.9 Å². The fourth-order valence-electron chi connectivity index (χ4n) is 3.25. The van der Waals surface area contributed by atoms with Gasteiger partial charge in [-0.05, 0) is 24.2 Å². The molecule has 1 fully saturated rings. The van der Waals surface area contributed by atoms with Crippen LogP contribution in [0.5, 0.6) is 0 Å². The van der Waals surface area contributed by atoms with Crippen LogP contribution in [0.4, 0.5) is 4.39 Å². The van der Waals surface area contributed by atoms with Gasteiger partial charge in [0.1, 0.15) is 5.82 Å². The van der Waals surface area contributed by atoms with Crippen LogP contribution < -0.4 is 10.6 Å². The molecule has 0 unspecified atom stereocenters. The van der Waals surface area contributed by atoms with Crippen LogP contribution in [0.1, 0.15) is 16.7 Å². The van der Waals surface area contributed by atoms with Crippen molar-refractivity contribution >= 4 is 29.9 Å². The van der Waals surface area contributed by atoms with Gasteiger partial charge in [0.15, 0.2) is 5.96 Å². The van der Waals surface area contributed by atoms with E-state index in [4.69, 9.17) is 0 Å². The van der Waals surface area contributed by atoms with E-state index >= 15 is 0 Å². The SMILES string of the molecule is CN=C(NCc1ccc(CN2CCN(C)CC2)cc1)NCc1ccccc1F.I. The fourth-order valence-corrected chi connectivity index (χ4v) is 3.25. The van der Waals surface area contributed by atoms with E-state index < -0.39 is 0 Å². The Hall–Kier alpha value is -1.71. The lowest BCUT2D eigenvalue weighted by atomic mass is 10.1. The van der Waals surface area contributed by atoms with Crippen molar-refractivity contribution in [2.75, 3.05) is 40.3 Å². The zero-order chi connectivity index (χ0) is 19.8. The highest BCUT2D eigenvalue weighted by molar-refractivity contribution is 14.0. The molecule has 29 heavy (non-hydrogen) atoms. The first kappa shape index (κ1) is 23.6. The van der Waals surface area contributed by atoms with Crippen molar-refractivity contribution in [1.29, 1.82) is 0 Å². The Balaban J connectivity index is 0.00000300. The van der Waals surface area contributed by atoms with Crippen molar-refractivity contribution in [2.45, 2.75) is 19.6 Å². The molecule has 1 aliphatic heterocycles. The average molecular weight is 511 g/mol. The van der Waals surface area contributed by atoms with E-state index in [2.05, 4.69) is 56.7 Å². The summed E-state index contributed by atoms with van der Waals surface area (Å²) in [6.07, 6.45) is 0. The molecule has 2 aromatic carbocycles. The molecule has 0 spiro atoms. The second kappa shape index (κ2) is 12.1. The van der Waals surface area contributed by atoms with E-state index in [1.54, 1.807) is 19.2 Å². The largest absolute Gasteiger partial charge is 0.352 e. The lowest BCUT2D eigenvalue weighted by molar-refractivity contribution is 0.148. The lowest BCUT2D eigenvalue weighted by Gasteiger charge is -2.32. The Morgan fingerprint density at radius 3 is 2.21 bits per heavy atom. The molecule has 1 saturated heterocycles. The number of hydrogen-bond donors (Lipinski definition) is 2. The number of rotatable bonds is 6. The minimum Gasteiger partial charge on any atom is -0.352 e. The van der Waals surface area contributed by atoms with E-state index in [-0.39, 0.29) is 29.8 Å². The first-order valence-electron chi connectivity index (χ1n) is 9.80. The van der Waals surface area contributed by atoms with Crippen LogP contribution >= 0.6 is 24.0 Å². The smallest absolute Gasteiger partial charge is 0.191 e. The molecule has 0 atom stereocenters. The molecule has 1 aliphatic rings. The molecule has 7 heteroatoms. The Morgan fingerprint density at radius 1 is 0.931 bits per heavy atom. The summed E-state index contributed by atoms with van der Waals surface area (Å²) in [5.41, 5.74) is 3.16. The molecule has 3 rings (SSSR count). The number of nitrogens with one attached hydrogen (secondary N) is 2. The summed E-state index contributed by atoms with van der Waals surface area (Å²) in [6, 6.07) is 15.5. The minimum atomic E-state index is -0.207. The van der Waals surface area contributed by atoms with Gasteiger partial charge in [0, 0.05) is 58.4 Å². The van der Waals surface area contributed by atoms with Gasteiger partial charge in [-0.2, -0.15) is 0 Å². The summed E-state index contributed by atoms with van der Waals surface area (Å²) in [4.78, 5) is 9.09. The van der Waals surface area contributed by atoms with Gasteiger partial charge in [0.25, 0.3) is 0 Å². The van der Waals surface area contributed by atoms with Crippen molar-refractivity contribution < 1.29 is 4.39 Å². The normalized spacial score (nSPS) is 15.6. The zero-order valence-electron chi connectivity index (χ0n) is 17.2. The quantitative estimate of drug-likeness (QED) is 0.356. The van der Waals surface area contributed by atoms with Crippen molar-refractivity contribution in [3.63, 3.8) is 0 Å². The highest BCUT2D eigenvalue weighted by atomic mass is 127. The number of nitrogens with zero attached hydrogens (tertiary/aromatic N) is 3. The van der Waals surface area contributed by atoms with E-state index in [9.17, 15) is 4.39 Å². The predicted octanol–water partition coefficient (Wildman–Crippen LogP) is 3.06. The van der Waals surface area contributed by atoms with Gasteiger partial charge in [-0.1, -0.05) is 42.5 Å². The maximum atomic E-state index is 13.7. The lowest BCUT2D eigenvalue weighted by Crippen LogP contribution is -2.43. The van der Waals surface area contributed by atoms with Gasteiger partial charge in [0.2, 0.25) is 0 Å². The second-order valence-electron chi connectivity index (χ2n) is 7.27. The number of likely N-dealkylation sites (N-methyl/N-ethyl adjacent to an activating group) is 1. The third-order valence-electron chi connectivity index (χ3n) is 5.11. The molecule has 1 heterocycles. The monoisotopic (exact) mass is 511 g/mol. The van der Waals surface area contributed by atoms with Crippen LogP contribution in [0.15, 0.2) is 53.5 Å². The Morgan fingerprint density at radius 2 is 1.55 bits per heavy atom. The molecule has 2 aromatic rings. The van der Waals surface area contributed by atoms with Gasteiger partial charge in [0.05, 0.1) is 0 Å². The molecule has 5 nitrogen and oxygen atoms in total. The summed E-state index contributed by atoms with van der Waals surface area (Å²) in [5.74, 6) is 0.450. The summed E-state index contributed by atoms with van der Waals surface area (Å²) in [7, 11) is 3.90. The summed E-state index contributed by atoms with van der Waals surface area (Å²) in [5, 5.41) is 6.44. The van der Waals surface area contributed by atoms with Crippen LogP contribution in [0.3, 0.4) is 0 Å². The van der Waals surface area contributed by atoms with E-state index in [1.165, 1.54) is 17.2 Å². The molecule has 0 aliphatic carbocycles. The maximum absolute atomic E-state index is 13.7. The van der Waals surface area contributed by atoms with E-state index in [1.807, 2.05) is 6.07 Å². The van der Waals surface area contributed by atoms with Crippen molar-refractivity contribution in [3.05, 3.63) is 71.0 Å². The first-order chi connectivity index (χ1) is 13.6. The van der Waals surface area contributed by atoms with Crippen LogP contribution in [-0.4, -0.2) is 56.0 Å². The fraction of sp³-hybridized carbons (Fsp3) is 0.409. The second-order valence-corrected chi connectivity index (χ2v) is 7.27. The molecule has 158 valence electrons. The van der Waals surface area contributed by atoms with E-state index in [0.717, 1.165) is 32.7 Å².